The fourth-order valence-electron chi connectivity index (χ4n) is 2.40. The van der Waals surface area contributed by atoms with Gasteiger partial charge in [-0.05, 0) is 17.7 Å². The van der Waals surface area contributed by atoms with Gasteiger partial charge in [0.25, 0.3) is 0 Å². The minimum Gasteiger partial charge on any atom is -0.466 e. The third-order valence-electron chi connectivity index (χ3n) is 3.43. The quantitative estimate of drug-likeness (QED) is 0.835. The largest absolute Gasteiger partial charge is 0.466 e. The number of nitrogens with two attached hydrogens (primary N) is 1. The molecule has 0 fully saturated rings. The molecule has 0 aliphatic carbocycles. The summed E-state index contributed by atoms with van der Waals surface area (Å²) in [4.78, 5) is 12.2. The Morgan fingerprint density at radius 3 is 2.59 bits per heavy atom. The van der Waals surface area contributed by atoms with Gasteiger partial charge in [0.1, 0.15) is 17.4 Å². The summed E-state index contributed by atoms with van der Waals surface area (Å²) in [6.07, 6.45) is 0.469. The molecule has 1 heterocycles. The topological polar surface area (TPSA) is 85.3 Å². The van der Waals surface area contributed by atoms with Crippen LogP contribution in [0, 0.1) is 11.3 Å². The van der Waals surface area contributed by atoms with Crippen molar-refractivity contribution in [1.82, 2.24) is 0 Å². The van der Waals surface area contributed by atoms with E-state index in [9.17, 15) is 10.1 Å². The van der Waals surface area contributed by atoms with Crippen molar-refractivity contribution in [3.8, 4) is 6.07 Å². The highest BCUT2D eigenvalue weighted by molar-refractivity contribution is 9.10. The second-order valence-corrected chi connectivity index (χ2v) is 5.57. The van der Waals surface area contributed by atoms with Gasteiger partial charge in [0.15, 0.2) is 0 Å². The number of carbonyl (C=O) groups is 1. The summed E-state index contributed by atoms with van der Waals surface area (Å²) in [5.41, 5.74) is 7.16. The molecule has 22 heavy (non-hydrogen) atoms. The van der Waals surface area contributed by atoms with Crippen molar-refractivity contribution in [2.45, 2.75) is 19.3 Å². The van der Waals surface area contributed by atoms with E-state index >= 15 is 0 Å². The molecule has 5 nitrogen and oxygen atoms in total. The predicted molar refractivity (Wildman–Crippen MR) is 84.1 cm³/mol. The van der Waals surface area contributed by atoms with Crippen molar-refractivity contribution in [1.29, 1.82) is 5.26 Å². The van der Waals surface area contributed by atoms with E-state index in [2.05, 4.69) is 15.9 Å². The number of rotatable bonds is 3. The predicted octanol–water partition coefficient (Wildman–Crippen LogP) is 3.09. The first kappa shape index (κ1) is 16.1. The average molecular weight is 363 g/mol. The Morgan fingerprint density at radius 2 is 2.09 bits per heavy atom. The molecule has 1 atom stereocenters. The molecular formula is C16H15BrN2O3. The number of carbonyl (C=O) groups excluding carboxylic acids is 1. The number of nitrogens with zero attached hydrogens (tertiary/aromatic N) is 1. The SMILES string of the molecule is CCC1=C(C(=O)OC)[C@@H](c2ccc(Br)cc2)C(C#N)=C(N)O1. The maximum Gasteiger partial charge on any atom is 0.338 e. The van der Waals surface area contributed by atoms with Crippen LogP contribution in [0.1, 0.15) is 24.8 Å². The van der Waals surface area contributed by atoms with Gasteiger partial charge in [0, 0.05) is 10.9 Å². The highest BCUT2D eigenvalue weighted by Crippen LogP contribution is 2.40. The molecule has 0 aromatic heterocycles. The molecule has 0 bridgehead atoms. The summed E-state index contributed by atoms with van der Waals surface area (Å²) in [6.45, 7) is 1.85. The first-order valence-corrected chi connectivity index (χ1v) is 7.47. The first-order chi connectivity index (χ1) is 10.5. The molecule has 1 aliphatic rings. The fourth-order valence-corrected chi connectivity index (χ4v) is 2.67. The minimum atomic E-state index is -0.589. The molecule has 114 valence electrons. The second kappa shape index (κ2) is 6.67. The zero-order valence-corrected chi connectivity index (χ0v) is 13.8. The molecule has 1 aromatic carbocycles. The van der Waals surface area contributed by atoms with Crippen molar-refractivity contribution in [2.75, 3.05) is 7.11 Å². The summed E-state index contributed by atoms with van der Waals surface area (Å²) in [7, 11) is 1.30. The summed E-state index contributed by atoms with van der Waals surface area (Å²) in [5.74, 6) is -0.657. The molecule has 0 unspecified atom stereocenters. The Kier molecular flexibility index (Phi) is 4.88. The highest BCUT2D eigenvalue weighted by atomic mass is 79.9. The second-order valence-electron chi connectivity index (χ2n) is 4.66. The Hall–Kier alpha value is -2.26. The zero-order chi connectivity index (χ0) is 16.3. The van der Waals surface area contributed by atoms with Crippen LogP contribution in [-0.2, 0) is 14.3 Å². The molecule has 1 aliphatic heterocycles. The molecule has 2 N–H and O–H groups in total. The molecule has 2 rings (SSSR count). The van der Waals surface area contributed by atoms with Crippen molar-refractivity contribution in [3.05, 3.63) is 57.1 Å². The number of allylic oxidation sites excluding steroid dienone is 2. The average Bonchev–Trinajstić information content (AvgIpc) is 2.53. The summed E-state index contributed by atoms with van der Waals surface area (Å²) < 4.78 is 11.2. The maximum absolute atomic E-state index is 12.2. The van der Waals surface area contributed by atoms with Crippen LogP contribution in [0.15, 0.2) is 51.5 Å². The van der Waals surface area contributed by atoms with E-state index in [0.717, 1.165) is 10.0 Å². The van der Waals surface area contributed by atoms with Gasteiger partial charge in [-0.2, -0.15) is 5.26 Å². The van der Waals surface area contributed by atoms with Gasteiger partial charge in [0.05, 0.1) is 18.6 Å². The van der Waals surface area contributed by atoms with Crippen molar-refractivity contribution >= 4 is 21.9 Å². The van der Waals surface area contributed by atoms with Gasteiger partial charge >= 0.3 is 5.97 Å². The van der Waals surface area contributed by atoms with Gasteiger partial charge in [-0.3, -0.25) is 0 Å². The van der Waals surface area contributed by atoms with Crippen LogP contribution in [0.25, 0.3) is 0 Å². The Morgan fingerprint density at radius 1 is 1.45 bits per heavy atom. The van der Waals surface area contributed by atoms with E-state index in [0.29, 0.717) is 17.8 Å². The van der Waals surface area contributed by atoms with Crippen molar-refractivity contribution in [2.24, 2.45) is 5.73 Å². The Bertz CT molecular complexity index is 699. The van der Waals surface area contributed by atoms with Crippen LogP contribution in [0.2, 0.25) is 0 Å². The first-order valence-electron chi connectivity index (χ1n) is 6.67. The van der Waals surface area contributed by atoms with Crippen LogP contribution in [0.4, 0.5) is 0 Å². The van der Waals surface area contributed by atoms with E-state index in [1.807, 2.05) is 37.3 Å². The number of hydrogen-bond acceptors (Lipinski definition) is 5. The van der Waals surface area contributed by atoms with Crippen LogP contribution in [-0.4, -0.2) is 13.1 Å². The lowest BCUT2D eigenvalue weighted by Gasteiger charge is -2.27. The lowest BCUT2D eigenvalue weighted by atomic mass is 9.82. The van der Waals surface area contributed by atoms with Gasteiger partial charge in [-0.1, -0.05) is 35.0 Å². The van der Waals surface area contributed by atoms with Gasteiger partial charge in [-0.15, -0.1) is 0 Å². The van der Waals surface area contributed by atoms with Crippen LogP contribution < -0.4 is 5.73 Å². The number of methoxy groups -OCH3 is 1. The number of halogens is 1. The Balaban J connectivity index is 2.66. The Labute approximate surface area is 137 Å². The van der Waals surface area contributed by atoms with E-state index in [-0.39, 0.29) is 11.5 Å². The molecule has 0 spiro atoms. The standard InChI is InChI=1S/C16H15BrN2O3/c1-3-12-14(16(20)21-2)13(11(8-18)15(19)22-12)9-4-6-10(17)7-5-9/h4-7,13H,3,19H2,1-2H3/t13-/m0/s1. The third-order valence-corrected chi connectivity index (χ3v) is 3.96. The van der Waals surface area contributed by atoms with Gasteiger partial charge in [0.2, 0.25) is 5.88 Å². The number of hydrogen-bond donors (Lipinski definition) is 1. The van der Waals surface area contributed by atoms with E-state index in [1.54, 1.807) is 0 Å². The molecule has 6 heteroatoms. The van der Waals surface area contributed by atoms with Crippen LogP contribution in [0.5, 0.6) is 0 Å². The van der Waals surface area contributed by atoms with Crippen LogP contribution in [0.3, 0.4) is 0 Å². The molecule has 0 saturated carbocycles. The molecule has 0 saturated heterocycles. The molecular weight excluding hydrogens is 348 g/mol. The summed E-state index contributed by atoms with van der Waals surface area (Å²) in [5, 5.41) is 9.43. The lowest BCUT2D eigenvalue weighted by Crippen LogP contribution is -2.25. The van der Waals surface area contributed by atoms with Gasteiger partial charge in [-0.25, -0.2) is 4.79 Å². The molecule has 0 radical (unpaired) electrons. The van der Waals surface area contributed by atoms with Crippen LogP contribution >= 0.6 is 15.9 Å². The molecule has 1 aromatic rings. The normalized spacial score (nSPS) is 17.8. The number of esters is 1. The lowest BCUT2D eigenvalue weighted by molar-refractivity contribution is -0.136. The third kappa shape index (κ3) is 2.85. The highest BCUT2D eigenvalue weighted by Gasteiger charge is 2.36. The summed E-state index contributed by atoms with van der Waals surface area (Å²) in [6, 6.07) is 9.40. The molecule has 0 amide bonds. The van der Waals surface area contributed by atoms with Crippen molar-refractivity contribution in [3.63, 3.8) is 0 Å². The number of nitriles is 1. The van der Waals surface area contributed by atoms with E-state index in [1.165, 1.54) is 7.11 Å². The zero-order valence-electron chi connectivity index (χ0n) is 12.2. The fraction of sp³-hybridized carbons (Fsp3) is 0.250. The smallest absolute Gasteiger partial charge is 0.338 e. The monoisotopic (exact) mass is 362 g/mol. The van der Waals surface area contributed by atoms with E-state index in [4.69, 9.17) is 15.2 Å². The maximum atomic E-state index is 12.2. The number of ether oxygens (including phenoxy) is 2. The number of benzene rings is 1. The summed E-state index contributed by atoms with van der Waals surface area (Å²) >= 11 is 3.37. The van der Waals surface area contributed by atoms with Crippen molar-refractivity contribution < 1.29 is 14.3 Å². The minimum absolute atomic E-state index is 0.0277. The van der Waals surface area contributed by atoms with Gasteiger partial charge < -0.3 is 15.2 Å². The van der Waals surface area contributed by atoms with E-state index < -0.39 is 11.9 Å².